The van der Waals surface area contributed by atoms with Gasteiger partial charge in [0.25, 0.3) is 0 Å². The lowest BCUT2D eigenvalue weighted by Crippen LogP contribution is -2.44. The average Bonchev–Trinajstić information content (AvgIpc) is 2.47. The second-order valence-electron chi connectivity index (χ2n) is 5.64. The Bertz CT molecular complexity index is 367. The first-order valence-corrected chi connectivity index (χ1v) is 7.91. The quantitative estimate of drug-likeness (QED) is 0.799. The molecule has 1 unspecified atom stereocenters. The van der Waals surface area contributed by atoms with Crippen molar-refractivity contribution < 1.29 is 0 Å². The van der Waals surface area contributed by atoms with Crippen molar-refractivity contribution in [2.75, 3.05) is 25.0 Å². The molecule has 0 saturated carbocycles. The third kappa shape index (κ3) is 3.97. The highest BCUT2D eigenvalue weighted by Gasteiger charge is 2.22. The van der Waals surface area contributed by atoms with Crippen molar-refractivity contribution in [3.8, 4) is 0 Å². The summed E-state index contributed by atoms with van der Waals surface area (Å²) in [5.74, 6) is 0. The van der Waals surface area contributed by atoms with Gasteiger partial charge in [0.15, 0.2) is 0 Å². The van der Waals surface area contributed by atoms with Gasteiger partial charge in [0, 0.05) is 18.3 Å². The van der Waals surface area contributed by atoms with E-state index in [-0.39, 0.29) is 0 Å². The van der Waals surface area contributed by atoms with Gasteiger partial charge < -0.3 is 5.32 Å². The molecule has 1 aliphatic heterocycles. The van der Waals surface area contributed by atoms with Gasteiger partial charge in [-0.1, -0.05) is 44.9 Å². The van der Waals surface area contributed by atoms with E-state index in [9.17, 15) is 0 Å². The summed E-state index contributed by atoms with van der Waals surface area (Å²) in [6.07, 6.45) is 6.43. The molecule has 1 heterocycles. The third-order valence-corrected chi connectivity index (χ3v) is 4.12. The fraction of sp³-hybridized carbons (Fsp3) is 0.647. The minimum Gasteiger partial charge on any atom is -0.383 e. The molecule has 0 fully saturated rings. The Morgan fingerprint density at radius 3 is 2.47 bits per heavy atom. The predicted molar refractivity (Wildman–Crippen MR) is 83.8 cm³/mol. The molecule has 0 amide bonds. The summed E-state index contributed by atoms with van der Waals surface area (Å²) in [7, 11) is 0. The first-order chi connectivity index (χ1) is 9.35. The van der Waals surface area contributed by atoms with Crippen LogP contribution in [0, 0.1) is 0 Å². The molecule has 1 aromatic carbocycles. The number of rotatable bonds is 7. The maximum absolute atomic E-state index is 3.60. The highest BCUT2D eigenvalue weighted by atomic mass is 15.2. The lowest BCUT2D eigenvalue weighted by atomic mass is 9.98. The van der Waals surface area contributed by atoms with Crippen LogP contribution in [0.25, 0.3) is 0 Å². The Morgan fingerprint density at radius 1 is 1.11 bits per heavy atom. The van der Waals surface area contributed by atoms with E-state index >= 15 is 0 Å². The molecule has 106 valence electrons. The van der Waals surface area contributed by atoms with Crippen LogP contribution in [0.15, 0.2) is 24.3 Å². The Morgan fingerprint density at radius 2 is 1.79 bits per heavy atom. The Labute approximate surface area is 118 Å². The summed E-state index contributed by atoms with van der Waals surface area (Å²) in [5.41, 5.74) is 2.82. The molecule has 0 aromatic heterocycles. The minimum absolute atomic E-state index is 0.674. The molecular formula is C17H28N2. The average molecular weight is 260 g/mol. The van der Waals surface area contributed by atoms with Crippen molar-refractivity contribution in [3.05, 3.63) is 29.8 Å². The van der Waals surface area contributed by atoms with Crippen molar-refractivity contribution in [2.45, 2.75) is 52.0 Å². The lowest BCUT2D eigenvalue weighted by molar-refractivity contribution is 0.194. The van der Waals surface area contributed by atoms with Crippen molar-refractivity contribution >= 4 is 5.69 Å². The van der Waals surface area contributed by atoms with Gasteiger partial charge in [0.2, 0.25) is 0 Å². The summed E-state index contributed by atoms with van der Waals surface area (Å²) in [6.45, 7) is 8.18. The van der Waals surface area contributed by atoms with Gasteiger partial charge in [-0.15, -0.1) is 0 Å². The Hall–Kier alpha value is -1.02. The van der Waals surface area contributed by atoms with Crippen molar-refractivity contribution in [1.29, 1.82) is 0 Å². The number of anilines is 1. The molecule has 0 saturated heterocycles. The van der Waals surface area contributed by atoms with Crippen LogP contribution in [0.5, 0.6) is 0 Å². The van der Waals surface area contributed by atoms with Crippen LogP contribution < -0.4 is 5.32 Å². The van der Waals surface area contributed by atoms with Gasteiger partial charge in [-0.25, -0.2) is 0 Å². The van der Waals surface area contributed by atoms with E-state index in [1.54, 1.807) is 0 Å². The third-order valence-electron chi connectivity index (χ3n) is 4.12. The van der Waals surface area contributed by atoms with Crippen molar-refractivity contribution in [2.24, 2.45) is 0 Å². The standard InChI is InChI=1S/C17H28N2/c1-3-5-11-19(12-6-4-2)16-13-15-9-7-8-10-17(15)18-14-16/h7-10,16,18H,3-6,11-14H2,1-2H3. The molecule has 0 aliphatic carbocycles. The summed E-state index contributed by atoms with van der Waals surface area (Å²) in [6, 6.07) is 9.43. The maximum Gasteiger partial charge on any atom is 0.0373 e. The zero-order valence-corrected chi connectivity index (χ0v) is 12.5. The Kier molecular flexibility index (Phi) is 5.71. The largest absolute Gasteiger partial charge is 0.383 e. The molecule has 2 rings (SSSR count). The van der Waals surface area contributed by atoms with E-state index in [1.165, 1.54) is 56.4 Å². The zero-order chi connectivity index (χ0) is 13.5. The number of benzene rings is 1. The number of hydrogen-bond donors (Lipinski definition) is 1. The molecule has 0 spiro atoms. The molecule has 0 bridgehead atoms. The fourth-order valence-electron chi connectivity index (χ4n) is 2.88. The molecule has 1 aromatic rings. The molecule has 19 heavy (non-hydrogen) atoms. The molecule has 1 aliphatic rings. The van der Waals surface area contributed by atoms with E-state index in [0.29, 0.717) is 6.04 Å². The normalized spacial score (nSPS) is 18.2. The summed E-state index contributed by atoms with van der Waals surface area (Å²) < 4.78 is 0. The monoisotopic (exact) mass is 260 g/mol. The van der Waals surface area contributed by atoms with Crippen LogP contribution >= 0.6 is 0 Å². The van der Waals surface area contributed by atoms with Crippen LogP contribution in [0.4, 0.5) is 5.69 Å². The van der Waals surface area contributed by atoms with Crippen LogP contribution in [-0.4, -0.2) is 30.6 Å². The topological polar surface area (TPSA) is 15.3 Å². The van der Waals surface area contributed by atoms with E-state index < -0.39 is 0 Å². The zero-order valence-electron chi connectivity index (χ0n) is 12.5. The number of unbranched alkanes of at least 4 members (excludes halogenated alkanes) is 2. The van der Waals surface area contributed by atoms with E-state index in [4.69, 9.17) is 0 Å². The maximum atomic E-state index is 3.60. The molecular weight excluding hydrogens is 232 g/mol. The van der Waals surface area contributed by atoms with Gasteiger partial charge in [-0.05, 0) is 44.0 Å². The molecule has 1 atom stereocenters. The number of nitrogens with one attached hydrogen (secondary N) is 1. The highest BCUT2D eigenvalue weighted by Crippen LogP contribution is 2.24. The highest BCUT2D eigenvalue weighted by molar-refractivity contribution is 5.53. The van der Waals surface area contributed by atoms with E-state index in [2.05, 4.69) is 48.3 Å². The number of hydrogen-bond acceptors (Lipinski definition) is 2. The van der Waals surface area contributed by atoms with E-state index in [1.807, 2.05) is 0 Å². The number of para-hydroxylation sites is 1. The lowest BCUT2D eigenvalue weighted by Gasteiger charge is -2.36. The second-order valence-corrected chi connectivity index (χ2v) is 5.64. The molecule has 1 N–H and O–H groups in total. The summed E-state index contributed by atoms with van der Waals surface area (Å²) >= 11 is 0. The number of fused-ring (bicyclic) bond motifs is 1. The first-order valence-electron chi connectivity index (χ1n) is 7.91. The van der Waals surface area contributed by atoms with E-state index in [0.717, 1.165) is 6.54 Å². The van der Waals surface area contributed by atoms with Crippen molar-refractivity contribution in [1.82, 2.24) is 4.90 Å². The number of nitrogens with zero attached hydrogens (tertiary/aromatic N) is 1. The smallest absolute Gasteiger partial charge is 0.0373 e. The first kappa shape index (κ1) is 14.4. The van der Waals surface area contributed by atoms with Crippen LogP contribution in [0.2, 0.25) is 0 Å². The van der Waals surface area contributed by atoms with Crippen molar-refractivity contribution in [3.63, 3.8) is 0 Å². The predicted octanol–water partition coefficient (Wildman–Crippen LogP) is 3.93. The van der Waals surface area contributed by atoms with Crippen LogP contribution in [0.3, 0.4) is 0 Å². The minimum atomic E-state index is 0.674. The Balaban J connectivity index is 1.98. The van der Waals surface area contributed by atoms with Gasteiger partial charge in [0.1, 0.15) is 0 Å². The molecule has 0 radical (unpaired) electrons. The second kappa shape index (κ2) is 7.54. The van der Waals surface area contributed by atoms with Gasteiger partial charge in [-0.2, -0.15) is 0 Å². The van der Waals surface area contributed by atoms with Crippen LogP contribution in [0.1, 0.15) is 45.1 Å². The van der Waals surface area contributed by atoms with Gasteiger partial charge in [0.05, 0.1) is 0 Å². The summed E-state index contributed by atoms with van der Waals surface area (Å²) in [4.78, 5) is 2.70. The molecule has 2 heteroatoms. The summed E-state index contributed by atoms with van der Waals surface area (Å²) in [5, 5.41) is 3.60. The fourth-order valence-corrected chi connectivity index (χ4v) is 2.88. The molecule has 2 nitrogen and oxygen atoms in total. The van der Waals surface area contributed by atoms with Gasteiger partial charge >= 0.3 is 0 Å². The van der Waals surface area contributed by atoms with Crippen LogP contribution in [-0.2, 0) is 6.42 Å². The SMILES string of the molecule is CCCCN(CCCC)C1CNc2ccccc2C1. The van der Waals surface area contributed by atoms with Gasteiger partial charge in [-0.3, -0.25) is 4.90 Å².